The monoisotopic (exact) mass is 409 g/mol. The Morgan fingerprint density at radius 3 is 2.87 bits per heavy atom. The molecular weight excluding hydrogens is 385 g/mol. The van der Waals surface area contributed by atoms with Gasteiger partial charge in [-0.05, 0) is 61.3 Å². The molecule has 1 amide bonds. The molecule has 2 aliphatic rings. The maximum Gasteiger partial charge on any atom is 0.249 e. The van der Waals surface area contributed by atoms with E-state index in [4.69, 9.17) is 4.84 Å². The lowest BCUT2D eigenvalue weighted by molar-refractivity contribution is -0.183. The first-order valence-electron chi connectivity index (χ1n) is 10.5. The molecule has 0 N–H and O–H groups in total. The smallest absolute Gasteiger partial charge is 0.249 e. The predicted molar refractivity (Wildman–Crippen MR) is 106 cm³/mol. The van der Waals surface area contributed by atoms with Crippen molar-refractivity contribution in [3.05, 3.63) is 60.1 Å². The molecule has 0 radical (unpaired) electrons. The molecule has 2 fully saturated rings. The van der Waals surface area contributed by atoms with E-state index >= 15 is 0 Å². The van der Waals surface area contributed by atoms with Crippen LogP contribution in [0.3, 0.4) is 0 Å². The number of aromatic nitrogens is 4. The van der Waals surface area contributed by atoms with Crippen LogP contribution < -0.4 is 0 Å². The van der Waals surface area contributed by atoms with Crippen LogP contribution in [0.25, 0.3) is 5.65 Å². The number of carbonyl (C=O) groups is 1. The molecule has 8 heteroatoms. The number of amides is 1. The van der Waals surface area contributed by atoms with E-state index in [0.717, 1.165) is 37.8 Å². The highest BCUT2D eigenvalue weighted by Gasteiger charge is 2.37. The Bertz CT molecular complexity index is 1050. The van der Waals surface area contributed by atoms with Crippen molar-refractivity contribution in [2.24, 2.45) is 11.8 Å². The second-order valence-corrected chi connectivity index (χ2v) is 8.26. The molecule has 1 atom stereocenters. The van der Waals surface area contributed by atoms with Gasteiger partial charge in [-0.25, -0.2) is 19.0 Å². The molecule has 1 aliphatic carbocycles. The Hall–Kier alpha value is -2.87. The van der Waals surface area contributed by atoms with Crippen LogP contribution >= 0.6 is 0 Å². The fourth-order valence-corrected chi connectivity index (χ4v) is 4.71. The van der Waals surface area contributed by atoms with Crippen molar-refractivity contribution in [1.29, 1.82) is 0 Å². The Morgan fingerprint density at radius 1 is 1.17 bits per heavy atom. The van der Waals surface area contributed by atoms with Gasteiger partial charge in [0.15, 0.2) is 5.65 Å². The molecule has 3 aromatic heterocycles. The fourth-order valence-electron chi connectivity index (χ4n) is 4.71. The molecule has 0 spiro atoms. The van der Waals surface area contributed by atoms with Gasteiger partial charge < -0.3 is 0 Å². The van der Waals surface area contributed by atoms with E-state index in [-0.39, 0.29) is 17.9 Å². The maximum absolute atomic E-state index is 13.6. The summed E-state index contributed by atoms with van der Waals surface area (Å²) in [6.45, 7) is 0.465. The quantitative estimate of drug-likeness (QED) is 0.659. The first-order chi connectivity index (χ1) is 14.7. The van der Waals surface area contributed by atoms with Gasteiger partial charge in [-0.1, -0.05) is 6.07 Å². The molecule has 30 heavy (non-hydrogen) atoms. The van der Waals surface area contributed by atoms with Gasteiger partial charge in [0.25, 0.3) is 0 Å². The van der Waals surface area contributed by atoms with Crippen LogP contribution in [0.5, 0.6) is 0 Å². The molecule has 0 aromatic carbocycles. The van der Waals surface area contributed by atoms with Crippen LogP contribution in [0.4, 0.5) is 4.39 Å². The fraction of sp³-hybridized carbons (Fsp3) is 0.455. The Kier molecular flexibility index (Phi) is 5.16. The van der Waals surface area contributed by atoms with Crippen molar-refractivity contribution in [3.63, 3.8) is 0 Å². The molecule has 1 saturated heterocycles. The predicted octanol–water partition coefficient (Wildman–Crippen LogP) is 3.52. The molecule has 0 unspecified atom stereocenters. The molecule has 1 aliphatic heterocycles. The Balaban J connectivity index is 1.20. The number of fused-ring (bicyclic) bond motifs is 1. The molecule has 0 bridgehead atoms. The first kappa shape index (κ1) is 19.1. The van der Waals surface area contributed by atoms with E-state index in [0.29, 0.717) is 24.5 Å². The second kappa shape index (κ2) is 8.10. The topological polar surface area (TPSA) is 72.6 Å². The van der Waals surface area contributed by atoms with Crippen molar-refractivity contribution in [3.8, 4) is 0 Å². The number of pyridine rings is 2. The van der Waals surface area contributed by atoms with E-state index in [1.54, 1.807) is 17.0 Å². The van der Waals surface area contributed by atoms with Gasteiger partial charge in [-0.2, -0.15) is 5.10 Å². The van der Waals surface area contributed by atoms with Crippen LogP contribution in [0.2, 0.25) is 0 Å². The summed E-state index contributed by atoms with van der Waals surface area (Å²) < 4.78 is 15.4. The highest BCUT2D eigenvalue weighted by Crippen LogP contribution is 2.37. The van der Waals surface area contributed by atoms with E-state index in [1.165, 1.54) is 22.9 Å². The van der Waals surface area contributed by atoms with Gasteiger partial charge in [-0.15, -0.1) is 0 Å². The highest BCUT2D eigenvalue weighted by molar-refractivity contribution is 5.78. The zero-order valence-electron chi connectivity index (χ0n) is 16.7. The summed E-state index contributed by atoms with van der Waals surface area (Å²) >= 11 is 0. The SMILES string of the molecule is O=C(C1CCC(Cc2ccc3ncnn3c2)CC1)N1OCC[C@H]1c1cncc(F)c1. The lowest BCUT2D eigenvalue weighted by Crippen LogP contribution is -2.36. The van der Waals surface area contributed by atoms with Crippen LogP contribution in [0, 0.1) is 17.7 Å². The minimum Gasteiger partial charge on any atom is -0.272 e. The van der Waals surface area contributed by atoms with Gasteiger partial charge in [-0.3, -0.25) is 14.6 Å². The number of hydroxylamine groups is 2. The minimum absolute atomic E-state index is 0.0178. The lowest BCUT2D eigenvalue weighted by atomic mass is 9.79. The zero-order chi connectivity index (χ0) is 20.5. The van der Waals surface area contributed by atoms with E-state index in [2.05, 4.69) is 21.1 Å². The summed E-state index contributed by atoms with van der Waals surface area (Å²) in [7, 11) is 0. The highest BCUT2D eigenvalue weighted by atomic mass is 19.1. The van der Waals surface area contributed by atoms with Crippen LogP contribution in [0.15, 0.2) is 43.1 Å². The largest absolute Gasteiger partial charge is 0.272 e. The maximum atomic E-state index is 13.6. The van der Waals surface area contributed by atoms with E-state index in [1.807, 2.05) is 12.3 Å². The van der Waals surface area contributed by atoms with Crippen molar-refractivity contribution < 1.29 is 14.0 Å². The summed E-state index contributed by atoms with van der Waals surface area (Å²) in [5.41, 5.74) is 2.78. The first-order valence-corrected chi connectivity index (χ1v) is 10.5. The zero-order valence-corrected chi connectivity index (χ0v) is 16.7. The van der Waals surface area contributed by atoms with Crippen LogP contribution in [-0.4, -0.2) is 37.2 Å². The van der Waals surface area contributed by atoms with E-state index < -0.39 is 5.82 Å². The van der Waals surface area contributed by atoms with Gasteiger partial charge in [0.2, 0.25) is 5.91 Å². The van der Waals surface area contributed by atoms with Gasteiger partial charge in [0.05, 0.1) is 18.8 Å². The number of hydrogen-bond acceptors (Lipinski definition) is 5. The number of nitrogens with zero attached hydrogens (tertiary/aromatic N) is 5. The third-order valence-electron chi connectivity index (χ3n) is 6.29. The lowest BCUT2D eigenvalue weighted by Gasteiger charge is -2.32. The Labute approximate surface area is 173 Å². The number of carbonyl (C=O) groups excluding carboxylic acids is 1. The van der Waals surface area contributed by atoms with Crippen molar-refractivity contribution in [1.82, 2.24) is 24.6 Å². The van der Waals surface area contributed by atoms with Crippen LogP contribution in [-0.2, 0) is 16.1 Å². The van der Waals surface area contributed by atoms with Crippen molar-refractivity contribution >= 4 is 11.6 Å². The number of hydrogen-bond donors (Lipinski definition) is 0. The number of rotatable bonds is 4. The van der Waals surface area contributed by atoms with Crippen LogP contribution in [0.1, 0.15) is 49.3 Å². The third-order valence-corrected chi connectivity index (χ3v) is 6.29. The standard InChI is InChI=1S/C22H24FN5O2/c23-19-10-18(11-24-12-19)20-7-8-30-28(20)22(29)17-4-1-15(2-5-17)9-16-3-6-21-25-14-26-27(21)13-16/h3,6,10-15,17,20H,1-2,4-5,7-9H2/t15?,17?,20-/m0/s1. The van der Waals surface area contributed by atoms with E-state index in [9.17, 15) is 9.18 Å². The summed E-state index contributed by atoms with van der Waals surface area (Å²) in [6, 6.07) is 5.28. The average Bonchev–Trinajstić information content (AvgIpc) is 3.43. The number of halogens is 1. The van der Waals surface area contributed by atoms with Gasteiger partial charge >= 0.3 is 0 Å². The van der Waals surface area contributed by atoms with Gasteiger partial charge in [0, 0.05) is 24.7 Å². The normalized spacial score (nSPS) is 24.4. The third kappa shape index (κ3) is 3.79. The molecule has 1 saturated carbocycles. The molecule has 4 heterocycles. The van der Waals surface area contributed by atoms with Gasteiger partial charge in [0.1, 0.15) is 12.1 Å². The van der Waals surface area contributed by atoms with Crippen molar-refractivity contribution in [2.75, 3.05) is 6.61 Å². The molecule has 5 rings (SSSR count). The minimum atomic E-state index is -0.392. The van der Waals surface area contributed by atoms with Crippen molar-refractivity contribution in [2.45, 2.75) is 44.6 Å². The molecule has 156 valence electrons. The molecular formula is C22H24FN5O2. The summed E-state index contributed by atoms with van der Waals surface area (Å²) in [5.74, 6) is 0.138. The average molecular weight is 409 g/mol. The second-order valence-electron chi connectivity index (χ2n) is 8.26. The summed E-state index contributed by atoms with van der Waals surface area (Å²) in [6.07, 6.45) is 11.7. The Morgan fingerprint density at radius 2 is 2.03 bits per heavy atom. The molecule has 3 aromatic rings. The summed E-state index contributed by atoms with van der Waals surface area (Å²) in [5, 5.41) is 5.68. The molecule has 7 nitrogen and oxygen atoms in total. The summed E-state index contributed by atoms with van der Waals surface area (Å²) in [4.78, 5) is 26.9.